The number of ether oxygens (including phenoxy) is 2. The molecule has 0 unspecified atom stereocenters. The number of para-hydroxylation sites is 2. The van der Waals surface area contributed by atoms with Crippen LogP contribution in [-0.2, 0) is 4.79 Å². The Hall–Kier alpha value is -1.75. The molecule has 0 aliphatic heterocycles. The van der Waals surface area contributed by atoms with E-state index < -0.39 is 0 Å². The fraction of sp³-hybridized carbons (Fsp3) is 0.533. The molecule has 110 valence electrons. The Morgan fingerprint density at radius 3 is 2.65 bits per heavy atom. The van der Waals surface area contributed by atoms with Crippen LogP contribution in [0.25, 0.3) is 0 Å². The van der Waals surface area contributed by atoms with Gasteiger partial charge in [0.1, 0.15) is 6.61 Å². The lowest BCUT2D eigenvalue weighted by molar-refractivity contribution is -0.122. The van der Waals surface area contributed by atoms with E-state index in [0.717, 1.165) is 37.4 Å². The number of benzene rings is 1. The summed E-state index contributed by atoms with van der Waals surface area (Å²) < 4.78 is 10.8. The minimum atomic E-state index is 0.192. The molecule has 2 N–H and O–H groups in total. The van der Waals surface area contributed by atoms with Crippen LogP contribution in [0.4, 0.5) is 0 Å². The molecule has 1 aromatic rings. The standard InChI is InChI=1S/C15H22N2O3/c1-19-13-4-2-3-5-14(13)20-11-10-16-8-9-17-15(18)12-6-7-12/h2-5,12,16H,6-11H2,1H3,(H,17,18). The summed E-state index contributed by atoms with van der Waals surface area (Å²) in [4.78, 5) is 11.4. The van der Waals surface area contributed by atoms with Gasteiger partial charge in [0.05, 0.1) is 7.11 Å². The van der Waals surface area contributed by atoms with Gasteiger partial charge in [0.2, 0.25) is 5.91 Å². The highest BCUT2D eigenvalue weighted by atomic mass is 16.5. The molecular weight excluding hydrogens is 256 g/mol. The minimum Gasteiger partial charge on any atom is -0.493 e. The first kappa shape index (κ1) is 14.7. The van der Waals surface area contributed by atoms with Gasteiger partial charge in [-0.2, -0.15) is 0 Å². The molecular formula is C15H22N2O3. The van der Waals surface area contributed by atoms with Crippen LogP contribution in [0.3, 0.4) is 0 Å². The molecule has 2 rings (SSSR count). The predicted molar refractivity (Wildman–Crippen MR) is 77.1 cm³/mol. The lowest BCUT2D eigenvalue weighted by Gasteiger charge is -2.11. The lowest BCUT2D eigenvalue weighted by atomic mass is 10.3. The van der Waals surface area contributed by atoms with Gasteiger partial charge in [-0.3, -0.25) is 4.79 Å². The molecule has 0 atom stereocenters. The van der Waals surface area contributed by atoms with Crippen LogP contribution in [0.5, 0.6) is 11.5 Å². The van der Waals surface area contributed by atoms with E-state index in [2.05, 4.69) is 10.6 Å². The van der Waals surface area contributed by atoms with Crippen LogP contribution >= 0.6 is 0 Å². The first-order chi connectivity index (χ1) is 9.81. The zero-order chi connectivity index (χ0) is 14.2. The van der Waals surface area contributed by atoms with Crippen molar-refractivity contribution >= 4 is 5.91 Å². The summed E-state index contributed by atoms with van der Waals surface area (Å²) in [6, 6.07) is 7.58. The third-order valence-corrected chi connectivity index (χ3v) is 3.15. The van der Waals surface area contributed by atoms with E-state index in [9.17, 15) is 4.79 Å². The zero-order valence-electron chi connectivity index (χ0n) is 11.9. The molecule has 0 spiro atoms. The second-order valence-electron chi connectivity index (χ2n) is 4.81. The Morgan fingerprint density at radius 2 is 1.95 bits per heavy atom. The summed E-state index contributed by atoms with van der Waals surface area (Å²) in [5, 5.41) is 6.14. The maximum atomic E-state index is 11.4. The molecule has 1 amide bonds. The van der Waals surface area contributed by atoms with Crippen LogP contribution in [0, 0.1) is 5.92 Å². The fourth-order valence-corrected chi connectivity index (χ4v) is 1.86. The summed E-state index contributed by atoms with van der Waals surface area (Å²) in [5.41, 5.74) is 0. The second-order valence-corrected chi connectivity index (χ2v) is 4.81. The zero-order valence-corrected chi connectivity index (χ0v) is 11.9. The van der Waals surface area contributed by atoms with Gasteiger partial charge in [-0.15, -0.1) is 0 Å². The molecule has 0 bridgehead atoms. The number of nitrogens with one attached hydrogen (secondary N) is 2. The normalized spacial score (nSPS) is 13.8. The molecule has 5 heteroatoms. The second kappa shape index (κ2) is 7.75. The van der Waals surface area contributed by atoms with Crippen LogP contribution in [0.1, 0.15) is 12.8 Å². The summed E-state index contributed by atoms with van der Waals surface area (Å²) in [6.07, 6.45) is 2.10. The smallest absolute Gasteiger partial charge is 0.223 e. The molecule has 1 saturated carbocycles. The third-order valence-electron chi connectivity index (χ3n) is 3.15. The number of amides is 1. The molecule has 20 heavy (non-hydrogen) atoms. The quantitative estimate of drug-likeness (QED) is 0.666. The van der Waals surface area contributed by atoms with Crippen molar-refractivity contribution in [3.8, 4) is 11.5 Å². The van der Waals surface area contributed by atoms with Crippen LogP contribution < -0.4 is 20.1 Å². The van der Waals surface area contributed by atoms with E-state index in [0.29, 0.717) is 13.2 Å². The van der Waals surface area contributed by atoms with Crippen molar-refractivity contribution in [3.05, 3.63) is 24.3 Å². The number of hydrogen-bond donors (Lipinski definition) is 2. The van der Waals surface area contributed by atoms with Crippen molar-refractivity contribution in [2.24, 2.45) is 5.92 Å². The highest BCUT2D eigenvalue weighted by Gasteiger charge is 2.28. The highest BCUT2D eigenvalue weighted by molar-refractivity contribution is 5.80. The van der Waals surface area contributed by atoms with Crippen molar-refractivity contribution in [2.75, 3.05) is 33.4 Å². The molecule has 1 aliphatic carbocycles. The first-order valence-corrected chi connectivity index (χ1v) is 7.05. The summed E-state index contributed by atoms with van der Waals surface area (Å²) in [6.45, 7) is 2.73. The maximum absolute atomic E-state index is 11.4. The van der Waals surface area contributed by atoms with E-state index in [1.54, 1.807) is 7.11 Å². The van der Waals surface area contributed by atoms with E-state index in [1.165, 1.54) is 0 Å². The average molecular weight is 278 g/mol. The molecule has 0 saturated heterocycles. The Labute approximate surface area is 119 Å². The van der Waals surface area contributed by atoms with Gasteiger partial charge >= 0.3 is 0 Å². The Kier molecular flexibility index (Phi) is 5.68. The lowest BCUT2D eigenvalue weighted by Crippen LogP contribution is -2.34. The summed E-state index contributed by atoms with van der Waals surface area (Å²) in [7, 11) is 1.63. The van der Waals surface area contributed by atoms with Crippen LogP contribution in [-0.4, -0.2) is 39.3 Å². The molecule has 0 aromatic heterocycles. The Morgan fingerprint density at radius 1 is 1.20 bits per heavy atom. The minimum absolute atomic E-state index is 0.192. The van der Waals surface area contributed by atoms with Gasteiger partial charge in [0, 0.05) is 25.6 Å². The van der Waals surface area contributed by atoms with E-state index in [4.69, 9.17) is 9.47 Å². The van der Waals surface area contributed by atoms with Crippen molar-refractivity contribution in [1.29, 1.82) is 0 Å². The van der Waals surface area contributed by atoms with E-state index in [-0.39, 0.29) is 11.8 Å². The number of rotatable bonds is 9. The van der Waals surface area contributed by atoms with E-state index in [1.807, 2.05) is 24.3 Å². The maximum Gasteiger partial charge on any atom is 0.223 e. The topological polar surface area (TPSA) is 59.6 Å². The molecule has 5 nitrogen and oxygen atoms in total. The predicted octanol–water partition coefficient (Wildman–Crippen LogP) is 1.19. The molecule has 1 aliphatic rings. The van der Waals surface area contributed by atoms with Crippen LogP contribution in [0.15, 0.2) is 24.3 Å². The number of carbonyl (C=O) groups is 1. The highest BCUT2D eigenvalue weighted by Crippen LogP contribution is 2.28. The largest absolute Gasteiger partial charge is 0.493 e. The third kappa shape index (κ3) is 4.74. The van der Waals surface area contributed by atoms with Gasteiger partial charge < -0.3 is 20.1 Å². The molecule has 1 fully saturated rings. The number of methoxy groups -OCH3 is 1. The SMILES string of the molecule is COc1ccccc1OCCNCCNC(=O)C1CC1. The summed E-state index contributed by atoms with van der Waals surface area (Å²) >= 11 is 0. The van der Waals surface area contributed by atoms with E-state index >= 15 is 0 Å². The van der Waals surface area contributed by atoms with Crippen molar-refractivity contribution < 1.29 is 14.3 Å². The van der Waals surface area contributed by atoms with Gasteiger partial charge in [0.25, 0.3) is 0 Å². The Bertz CT molecular complexity index is 433. The average Bonchev–Trinajstić information content (AvgIpc) is 3.31. The molecule has 0 heterocycles. The fourth-order valence-electron chi connectivity index (χ4n) is 1.86. The number of hydrogen-bond acceptors (Lipinski definition) is 4. The monoisotopic (exact) mass is 278 g/mol. The molecule has 1 aromatic carbocycles. The number of carbonyl (C=O) groups excluding carboxylic acids is 1. The van der Waals surface area contributed by atoms with Crippen molar-refractivity contribution in [1.82, 2.24) is 10.6 Å². The van der Waals surface area contributed by atoms with Gasteiger partial charge in [0.15, 0.2) is 11.5 Å². The van der Waals surface area contributed by atoms with Gasteiger partial charge in [-0.05, 0) is 25.0 Å². The van der Waals surface area contributed by atoms with Crippen molar-refractivity contribution in [2.45, 2.75) is 12.8 Å². The van der Waals surface area contributed by atoms with Gasteiger partial charge in [-0.1, -0.05) is 12.1 Å². The molecule has 0 radical (unpaired) electrons. The van der Waals surface area contributed by atoms with Crippen molar-refractivity contribution in [3.63, 3.8) is 0 Å². The Balaban J connectivity index is 1.51. The van der Waals surface area contributed by atoms with Gasteiger partial charge in [-0.25, -0.2) is 0 Å². The summed E-state index contributed by atoms with van der Waals surface area (Å²) in [5.74, 6) is 1.96. The van der Waals surface area contributed by atoms with Crippen LogP contribution in [0.2, 0.25) is 0 Å². The first-order valence-electron chi connectivity index (χ1n) is 7.05.